The number of carbonyl (C=O) groups is 1. The number of carboxylic acid groups (broad SMARTS) is 1. The van der Waals surface area contributed by atoms with Crippen molar-refractivity contribution in [2.45, 2.75) is 31.6 Å². The average molecular weight is 427 g/mol. The van der Waals surface area contributed by atoms with Crippen LogP contribution in [0.1, 0.15) is 42.0 Å². The van der Waals surface area contributed by atoms with E-state index in [1.54, 1.807) is 12.1 Å². The molecular weight excluding hydrogens is 404 g/mol. The lowest BCUT2D eigenvalue weighted by atomic mass is 9.91. The molecule has 1 aliphatic rings. The van der Waals surface area contributed by atoms with E-state index in [4.69, 9.17) is 15.9 Å². The summed E-state index contributed by atoms with van der Waals surface area (Å²) >= 11 is 0. The van der Waals surface area contributed by atoms with E-state index in [0.717, 1.165) is 47.8 Å². The first-order chi connectivity index (χ1) is 14.9. The van der Waals surface area contributed by atoms with E-state index < -0.39 is 17.6 Å². The van der Waals surface area contributed by atoms with Crippen LogP contribution in [0.5, 0.6) is 0 Å². The molecule has 0 radical (unpaired) electrons. The molecule has 6 nitrogen and oxygen atoms in total. The summed E-state index contributed by atoms with van der Waals surface area (Å²) in [7, 11) is 0. The predicted molar refractivity (Wildman–Crippen MR) is 114 cm³/mol. The molecule has 31 heavy (non-hydrogen) atoms. The molecule has 1 aromatic heterocycles. The van der Waals surface area contributed by atoms with Crippen molar-refractivity contribution in [3.05, 3.63) is 58.8 Å². The van der Waals surface area contributed by atoms with Gasteiger partial charge in [-0.1, -0.05) is 0 Å². The summed E-state index contributed by atoms with van der Waals surface area (Å²) in [5, 5.41) is 17.7. The van der Waals surface area contributed by atoms with Gasteiger partial charge in [0, 0.05) is 65.9 Å². The fourth-order valence-corrected chi connectivity index (χ4v) is 4.37. The Bertz CT molecular complexity index is 1170. The lowest BCUT2D eigenvalue weighted by molar-refractivity contribution is -0.136. The summed E-state index contributed by atoms with van der Waals surface area (Å²) in [5.41, 5.74) is 9.85. The second-order valence-corrected chi connectivity index (χ2v) is 7.72. The molecule has 0 amide bonds. The molecule has 1 aliphatic heterocycles. The molecule has 0 unspecified atom stereocenters. The topological polar surface area (TPSA) is 101 Å². The quantitative estimate of drug-likeness (QED) is 0.401. The number of rotatable bonds is 6. The van der Waals surface area contributed by atoms with Crippen LogP contribution in [0.15, 0.2) is 30.3 Å². The minimum Gasteiger partial charge on any atom is -0.481 e. The molecule has 0 saturated carbocycles. The number of halogens is 2. The summed E-state index contributed by atoms with van der Waals surface area (Å²) in [6.07, 6.45) is 2.81. The number of nitrogens with zero attached hydrogens (tertiary/aromatic N) is 1. The van der Waals surface area contributed by atoms with Crippen LogP contribution in [0.2, 0.25) is 0 Å². The highest BCUT2D eigenvalue weighted by molar-refractivity contribution is 5.98. The van der Waals surface area contributed by atoms with Gasteiger partial charge in [0.15, 0.2) is 11.6 Å². The number of aliphatic carboxylic acids is 1. The Kier molecular flexibility index (Phi) is 5.73. The van der Waals surface area contributed by atoms with Gasteiger partial charge in [-0.2, -0.15) is 0 Å². The molecule has 0 aliphatic carbocycles. The zero-order chi connectivity index (χ0) is 22.1. The van der Waals surface area contributed by atoms with E-state index in [2.05, 4.69) is 0 Å². The predicted octanol–water partition coefficient (Wildman–Crippen LogP) is 4.40. The third-order valence-electron chi connectivity index (χ3n) is 5.83. The fraction of sp³-hybridized carbons (Fsp3) is 0.304. The number of aryl methyl sites for hydroxylation is 1. The van der Waals surface area contributed by atoms with E-state index in [1.807, 2.05) is 4.57 Å². The first-order valence-electron chi connectivity index (χ1n) is 10.1. The molecule has 2 heterocycles. The lowest BCUT2D eigenvalue weighted by Gasteiger charge is -2.25. The van der Waals surface area contributed by atoms with E-state index >= 15 is 0 Å². The number of carboxylic acids is 1. The van der Waals surface area contributed by atoms with Gasteiger partial charge in [-0.25, -0.2) is 8.78 Å². The maximum Gasteiger partial charge on any atom is 0.303 e. The second kappa shape index (κ2) is 8.47. The molecule has 162 valence electrons. The van der Waals surface area contributed by atoms with Crippen LogP contribution in [0.4, 0.5) is 14.5 Å². The van der Waals surface area contributed by atoms with Crippen molar-refractivity contribution in [2.24, 2.45) is 0 Å². The first kappa shape index (κ1) is 21.0. The molecule has 3 aromatic rings. The normalized spacial score (nSPS) is 14.8. The van der Waals surface area contributed by atoms with Crippen molar-refractivity contribution in [3.8, 4) is 5.69 Å². The summed E-state index contributed by atoms with van der Waals surface area (Å²) in [4.78, 5) is 11.4. The van der Waals surface area contributed by atoms with Gasteiger partial charge in [0.25, 0.3) is 0 Å². The minimum absolute atomic E-state index is 0.0581. The van der Waals surface area contributed by atoms with E-state index in [-0.39, 0.29) is 18.8 Å². The highest BCUT2D eigenvalue weighted by atomic mass is 19.2. The van der Waals surface area contributed by atoms with E-state index in [1.165, 1.54) is 6.07 Å². The third-order valence-corrected chi connectivity index (χ3v) is 5.83. The van der Waals surface area contributed by atoms with Crippen LogP contribution in [-0.2, 0) is 16.0 Å². The van der Waals surface area contributed by atoms with Crippen molar-refractivity contribution >= 4 is 28.8 Å². The first-order valence-corrected chi connectivity index (χ1v) is 10.1. The highest BCUT2D eigenvalue weighted by Gasteiger charge is 2.28. The Morgan fingerprint density at radius 1 is 1.23 bits per heavy atom. The third kappa shape index (κ3) is 3.90. The minimum atomic E-state index is -0.966. The van der Waals surface area contributed by atoms with Crippen LogP contribution >= 0.6 is 0 Å². The molecule has 2 aromatic carbocycles. The highest BCUT2D eigenvalue weighted by Crippen LogP contribution is 2.40. The number of hydrogen-bond acceptors (Lipinski definition) is 4. The Morgan fingerprint density at radius 3 is 2.61 bits per heavy atom. The average Bonchev–Trinajstić information content (AvgIpc) is 3.07. The number of nitrogens with one attached hydrogen (secondary N) is 1. The maximum atomic E-state index is 14.2. The second-order valence-electron chi connectivity index (χ2n) is 7.72. The summed E-state index contributed by atoms with van der Waals surface area (Å²) < 4.78 is 35.2. The van der Waals surface area contributed by atoms with Crippen LogP contribution in [0, 0.1) is 17.0 Å². The van der Waals surface area contributed by atoms with Gasteiger partial charge in [0.1, 0.15) is 0 Å². The van der Waals surface area contributed by atoms with Crippen LogP contribution < -0.4 is 5.73 Å². The number of nitrogens with two attached hydrogens (primary N) is 1. The number of ether oxygens (including phenoxy) is 1. The number of benzene rings is 2. The Morgan fingerprint density at radius 2 is 1.97 bits per heavy atom. The zero-order valence-corrected chi connectivity index (χ0v) is 16.8. The van der Waals surface area contributed by atoms with Crippen molar-refractivity contribution in [1.82, 2.24) is 4.57 Å². The molecule has 0 bridgehead atoms. The van der Waals surface area contributed by atoms with Gasteiger partial charge >= 0.3 is 5.97 Å². The SMILES string of the molecule is N=Cc1cc2c(cc1N)c(CCC(=O)O)c(C1CCOCC1)n2-c1ccc(F)c(F)c1. The summed E-state index contributed by atoms with van der Waals surface area (Å²) in [6.45, 7) is 1.13. The number of hydrogen-bond donors (Lipinski definition) is 3. The smallest absolute Gasteiger partial charge is 0.303 e. The number of aromatic nitrogens is 1. The Labute approximate surface area is 177 Å². The summed E-state index contributed by atoms with van der Waals surface area (Å²) in [5.74, 6) is -2.77. The van der Waals surface area contributed by atoms with E-state index in [0.29, 0.717) is 35.7 Å². The number of fused-ring (bicyclic) bond motifs is 1. The van der Waals surface area contributed by atoms with Gasteiger partial charge in [-0.15, -0.1) is 0 Å². The molecule has 0 atom stereocenters. The Balaban J connectivity index is 2.06. The van der Waals surface area contributed by atoms with Gasteiger partial charge in [0.05, 0.1) is 5.52 Å². The lowest BCUT2D eigenvalue weighted by Crippen LogP contribution is -2.18. The molecule has 1 saturated heterocycles. The summed E-state index contributed by atoms with van der Waals surface area (Å²) in [6, 6.07) is 7.20. The maximum absolute atomic E-state index is 14.2. The van der Waals surface area contributed by atoms with Gasteiger partial charge < -0.3 is 25.6 Å². The van der Waals surface area contributed by atoms with Crippen molar-refractivity contribution in [2.75, 3.05) is 18.9 Å². The standard InChI is InChI=1S/C23H23F2N3O3/c24-18-3-1-15(10-19(18)25)28-21-9-14(12-26)20(27)11-17(21)16(2-4-22(29)30)23(28)13-5-7-31-8-6-13/h1,3,9-13,26H,2,4-8,27H2,(H,29,30). The van der Waals surface area contributed by atoms with Gasteiger partial charge in [0.2, 0.25) is 0 Å². The van der Waals surface area contributed by atoms with Crippen molar-refractivity contribution < 1.29 is 23.4 Å². The fourth-order valence-electron chi connectivity index (χ4n) is 4.37. The molecular formula is C23H23F2N3O3. The molecule has 4 N–H and O–H groups in total. The largest absolute Gasteiger partial charge is 0.481 e. The molecule has 4 rings (SSSR count). The van der Waals surface area contributed by atoms with Gasteiger partial charge in [-0.05, 0) is 49.1 Å². The number of anilines is 1. The molecule has 1 fully saturated rings. The molecule has 8 heteroatoms. The van der Waals surface area contributed by atoms with Crippen LogP contribution in [-0.4, -0.2) is 35.1 Å². The Hall–Kier alpha value is -3.26. The monoisotopic (exact) mass is 427 g/mol. The zero-order valence-electron chi connectivity index (χ0n) is 16.8. The van der Waals surface area contributed by atoms with Crippen LogP contribution in [0.3, 0.4) is 0 Å². The van der Waals surface area contributed by atoms with Crippen molar-refractivity contribution in [1.29, 1.82) is 5.41 Å². The van der Waals surface area contributed by atoms with E-state index in [9.17, 15) is 18.7 Å². The van der Waals surface area contributed by atoms with Crippen molar-refractivity contribution in [3.63, 3.8) is 0 Å². The van der Waals surface area contributed by atoms with Crippen LogP contribution in [0.25, 0.3) is 16.6 Å². The number of nitrogen functional groups attached to an aromatic ring is 1. The molecule has 0 spiro atoms. The van der Waals surface area contributed by atoms with Gasteiger partial charge in [-0.3, -0.25) is 4.79 Å².